The first kappa shape index (κ1) is 12.1. The van der Waals surface area contributed by atoms with Gasteiger partial charge in [0.05, 0.1) is 11.2 Å². The zero-order chi connectivity index (χ0) is 11.4. The van der Waals surface area contributed by atoms with Crippen molar-refractivity contribution in [1.29, 1.82) is 0 Å². The average Bonchev–Trinajstić information content (AvgIpc) is 2.73. The number of thiazole rings is 1. The molecule has 1 atom stereocenters. The van der Waals surface area contributed by atoms with Crippen LogP contribution in [0.25, 0.3) is 0 Å². The Bertz CT molecular complexity index is 315. The average molecular weight is 238 g/mol. The highest BCUT2D eigenvalue weighted by Gasteiger charge is 2.19. The molecule has 1 N–H and O–H groups in total. The Morgan fingerprint density at radius 2 is 2.19 bits per heavy atom. The lowest BCUT2D eigenvalue weighted by Gasteiger charge is -2.28. The third kappa shape index (κ3) is 3.05. The summed E-state index contributed by atoms with van der Waals surface area (Å²) in [6.45, 7) is 5.43. The smallest absolute Gasteiger partial charge is 0.0798 e. The van der Waals surface area contributed by atoms with Gasteiger partial charge in [-0.05, 0) is 32.6 Å². The van der Waals surface area contributed by atoms with E-state index in [1.165, 1.54) is 42.7 Å². The van der Waals surface area contributed by atoms with Gasteiger partial charge in [0.2, 0.25) is 0 Å². The van der Waals surface area contributed by atoms with Crippen molar-refractivity contribution in [1.82, 2.24) is 10.3 Å². The lowest BCUT2D eigenvalue weighted by atomic mass is 9.84. The molecule has 1 aromatic heterocycles. The molecule has 0 saturated heterocycles. The van der Waals surface area contributed by atoms with Crippen molar-refractivity contribution in [2.75, 3.05) is 0 Å². The molecule has 16 heavy (non-hydrogen) atoms. The van der Waals surface area contributed by atoms with Gasteiger partial charge in [-0.3, -0.25) is 0 Å². The molecule has 0 bridgehead atoms. The lowest BCUT2D eigenvalue weighted by Crippen LogP contribution is -2.34. The number of aryl methyl sites for hydroxylation is 1. The van der Waals surface area contributed by atoms with E-state index in [0.29, 0.717) is 6.04 Å². The van der Waals surface area contributed by atoms with Crippen molar-refractivity contribution >= 4 is 11.3 Å². The predicted molar refractivity (Wildman–Crippen MR) is 69.7 cm³/mol. The standard InChI is InChI=1S/C13H22N2S/c1-10(12-6-4-3-5-7-12)14-8-13-11(2)15-9-16-13/h9-10,12,14H,3-8H2,1-2H3. The van der Waals surface area contributed by atoms with Gasteiger partial charge in [-0.1, -0.05) is 19.3 Å². The summed E-state index contributed by atoms with van der Waals surface area (Å²) >= 11 is 1.76. The minimum atomic E-state index is 0.654. The summed E-state index contributed by atoms with van der Waals surface area (Å²) in [5.74, 6) is 0.891. The minimum Gasteiger partial charge on any atom is -0.309 e. The molecule has 2 nitrogen and oxygen atoms in total. The van der Waals surface area contributed by atoms with Gasteiger partial charge >= 0.3 is 0 Å². The Labute approximate surface area is 102 Å². The summed E-state index contributed by atoms with van der Waals surface area (Å²) in [7, 11) is 0. The van der Waals surface area contributed by atoms with E-state index in [0.717, 1.165) is 12.5 Å². The van der Waals surface area contributed by atoms with E-state index in [9.17, 15) is 0 Å². The van der Waals surface area contributed by atoms with Crippen molar-refractivity contribution in [2.24, 2.45) is 5.92 Å². The van der Waals surface area contributed by atoms with E-state index in [4.69, 9.17) is 0 Å². The van der Waals surface area contributed by atoms with Gasteiger partial charge in [-0.2, -0.15) is 0 Å². The van der Waals surface area contributed by atoms with Crippen molar-refractivity contribution in [3.63, 3.8) is 0 Å². The minimum absolute atomic E-state index is 0.654. The van der Waals surface area contributed by atoms with Gasteiger partial charge in [-0.15, -0.1) is 11.3 Å². The fourth-order valence-corrected chi connectivity index (χ4v) is 3.28. The second kappa shape index (κ2) is 5.78. The molecule has 0 aromatic carbocycles. The summed E-state index contributed by atoms with van der Waals surface area (Å²) in [6, 6.07) is 0.654. The maximum atomic E-state index is 4.29. The van der Waals surface area contributed by atoms with Crippen LogP contribution >= 0.6 is 11.3 Å². The number of hydrogen-bond acceptors (Lipinski definition) is 3. The highest BCUT2D eigenvalue weighted by molar-refractivity contribution is 7.09. The fraction of sp³-hybridized carbons (Fsp3) is 0.769. The summed E-state index contributed by atoms with van der Waals surface area (Å²) < 4.78 is 0. The topological polar surface area (TPSA) is 24.9 Å². The third-order valence-electron chi connectivity index (χ3n) is 3.79. The second-order valence-electron chi connectivity index (χ2n) is 4.93. The monoisotopic (exact) mass is 238 g/mol. The Hall–Kier alpha value is -0.410. The molecule has 0 radical (unpaired) electrons. The molecule has 1 aliphatic rings. The van der Waals surface area contributed by atoms with E-state index >= 15 is 0 Å². The van der Waals surface area contributed by atoms with Crippen molar-refractivity contribution in [3.8, 4) is 0 Å². The number of nitrogens with zero attached hydrogens (tertiary/aromatic N) is 1. The second-order valence-corrected chi connectivity index (χ2v) is 5.87. The lowest BCUT2D eigenvalue weighted by molar-refractivity contribution is 0.281. The molecule has 3 heteroatoms. The first-order valence-electron chi connectivity index (χ1n) is 6.39. The Morgan fingerprint density at radius 1 is 1.44 bits per heavy atom. The van der Waals surface area contributed by atoms with E-state index in [1.54, 1.807) is 11.3 Å². The molecule has 2 rings (SSSR count). The molecule has 1 unspecified atom stereocenters. The SMILES string of the molecule is Cc1ncsc1CNC(C)C1CCCCC1. The number of rotatable bonds is 4. The quantitative estimate of drug-likeness (QED) is 0.868. The predicted octanol–water partition coefficient (Wildman–Crippen LogP) is 3.51. The van der Waals surface area contributed by atoms with E-state index < -0.39 is 0 Å². The van der Waals surface area contributed by atoms with Crippen LogP contribution in [0.2, 0.25) is 0 Å². The van der Waals surface area contributed by atoms with Crippen LogP contribution < -0.4 is 5.32 Å². The number of aromatic nitrogens is 1. The van der Waals surface area contributed by atoms with E-state index in [2.05, 4.69) is 24.1 Å². The van der Waals surface area contributed by atoms with Crippen LogP contribution in [0.1, 0.15) is 49.6 Å². The molecule has 1 fully saturated rings. The van der Waals surface area contributed by atoms with E-state index in [-0.39, 0.29) is 0 Å². The van der Waals surface area contributed by atoms with Crippen molar-refractivity contribution in [2.45, 2.75) is 58.5 Å². The van der Waals surface area contributed by atoms with Gasteiger partial charge in [0.1, 0.15) is 0 Å². The molecule has 1 heterocycles. The molecular weight excluding hydrogens is 216 g/mol. The molecular formula is C13H22N2S. The summed E-state index contributed by atoms with van der Waals surface area (Å²) in [5, 5.41) is 3.67. The summed E-state index contributed by atoms with van der Waals surface area (Å²) in [4.78, 5) is 5.68. The maximum absolute atomic E-state index is 4.29. The normalized spacial score (nSPS) is 19.9. The van der Waals surface area contributed by atoms with Crippen molar-refractivity contribution < 1.29 is 0 Å². The zero-order valence-corrected chi connectivity index (χ0v) is 11.1. The van der Waals surface area contributed by atoms with E-state index in [1.807, 2.05) is 5.51 Å². The van der Waals surface area contributed by atoms with Crippen molar-refractivity contribution in [3.05, 3.63) is 16.1 Å². The molecule has 90 valence electrons. The van der Waals surface area contributed by atoms with Crippen LogP contribution in [0.4, 0.5) is 0 Å². The van der Waals surface area contributed by atoms with Crippen LogP contribution in [0.3, 0.4) is 0 Å². The Balaban J connectivity index is 1.78. The van der Waals surface area contributed by atoms with Crippen LogP contribution in [0, 0.1) is 12.8 Å². The summed E-state index contributed by atoms with van der Waals surface area (Å²) in [5.41, 5.74) is 3.13. The number of hydrogen-bond donors (Lipinski definition) is 1. The highest BCUT2D eigenvalue weighted by Crippen LogP contribution is 2.26. The van der Waals surface area contributed by atoms with Gasteiger partial charge in [0.25, 0.3) is 0 Å². The zero-order valence-electron chi connectivity index (χ0n) is 10.3. The van der Waals surface area contributed by atoms with Crippen LogP contribution in [0.15, 0.2) is 5.51 Å². The van der Waals surface area contributed by atoms with Crippen LogP contribution in [-0.4, -0.2) is 11.0 Å². The molecule has 0 spiro atoms. The Morgan fingerprint density at radius 3 is 2.81 bits per heavy atom. The van der Waals surface area contributed by atoms with Crippen LogP contribution in [-0.2, 0) is 6.54 Å². The molecule has 1 saturated carbocycles. The Kier molecular flexibility index (Phi) is 4.36. The molecule has 0 amide bonds. The highest BCUT2D eigenvalue weighted by atomic mass is 32.1. The number of nitrogens with one attached hydrogen (secondary N) is 1. The van der Waals surface area contributed by atoms with Gasteiger partial charge in [0.15, 0.2) is 0 Å². The fourth-order valence-electron chi connectivity index (χ4n) is 2.55. The van der Waals surface area contributed by atoms with Crippen LogP contribution in [0.5, 0.6) is 0 Å². The van der Waals surface area contributed by atoms with Gasteiger partial charge < -0.3 is 5.32 Å². The molecule has 1 aromatic rings. The molecule has 1 aliphatic carbocycles. The van der Waals surface area contributed by atoms with Gasteiger partial charge in [-0.25, -0.2) is 4.98 Å². The summed E-state index contributed by atoms with van der Waals surface area (Å²) in [6.07, 6.45) is 7.12. The molecule has 0 aliphatic heterocycles. The van der Waals surface area contributed by atoms with Gasteiger partial charge in [0, 0.05) is 17.5 Å². The first-order chi connectivity index (χ1) is 7.77. The third-order valence-corrected chi connectivity index (χ3v) is 4.72. The maximum Gasteiger partial charge on any atom is 0.0798 e. The first-order valence-corrected chi connectivity index (χ1v) is 7.27. The largest absolute Gasteiger partial charge is 0.309 e.